The molecule has 0 bridgehead atoms. The maximum atomic E-state index is 6.04. The number of aromatic nitrogens is 2. The fourth-order valence-corrected chi connectivity index (χ4v) is 4.41. The lowest BCUT2D eigenvalue weighted by molar-refractivity contribution is 0.0395. The minimum absolute atomic E-state index is 0.0967. The molecule has 6 heteroatoms. The van der Waals surface area contributed by atoms with E-state index in [4.69, 9.17) is 4.74 Å². The molecule has 5 nitrogen and oxygen atoms in total. The maximum Gasteiger partial charge on any atom is 0.134 e. The zero-order valence-corrected chi connectivity index (χ0v) is 16.1. The molecule has 1 unspecified atom stereocenters. The van der Waals surface area contributed by atoms with Crippen LogP contribution in [0.3, 0.4) is 0 Å². The number of hydrogen-bond acceptors (Lipinski definition) is 6. The number of nitrogens with zero attached hydrogens (tertiary/aromatic N) is 4. The van der Waals surface area contributed by atoms with Gasteiger partial charge in [-0.25, -0.2) is 9.97 Å². The number of ether oxygens (including phenoxy) is 1. The van der Waals surface area contributed by atoms with Gasteiger partial charge in [0.2, 0.25) is 0 Å². The first-order valence-corrected chi connectivity index (χ1v) is 10.6. The van der Waals surface area contributed by atoms with Gasteiger partial charge >= 0.3 is 0 Å². The third-order valence-corrected chi connectivity index (χ3v) is 6.07. The summed E-state index contributed by atoms with van der Waals surface area (Å²) in [6.45, 7) is 6.74. The standard InChI is InChI=1S/C20H26N4OS/c1-2-16-3-5-17(6-4-16)18-14-24(7-10-25-18)20-13-19(21-15-22-20)23-8-11-26-12-9-23/h3-6,13,15,18H,2,7-12,14H2,1H3. The van der Waals surface area contributed by atoms with Crippen molar-refractivity contribution in [3.05, 3.63) is 47.8 Å². The highest BCUT2D eigenvalue weighted by Gasteiger charge is 2.24. The van der Waals surface area contributed by atoms with Crippen LogP contribution in [0.4, 0.5) is 11.6 Å². The molecule has 0 radical (unpaired) electrons. The van der Waals surface area contributed by atoms with Gasteiger partial charge in [-0.3, -0.25) is 0 Å². The smallest absolute Gasteiger partial charge is 0.134 e. The molecule has 2 aliphatic heterocycles. The van der Waals surface area contributed by atoms with E-state index in [1.807, 2.05) is 11.8 Å². The van der Waals surface area contributed by atoms with E-state index < -0.39 is 0 Å². The third-order valence-electron chi connectivity index (χ3n) is 5.12. The van der Waals surface area contributed by atoms with Gasteiger partial charge in [-0.1, -0.05) is 31.2 Å². The zero-order valence-electron chi connectivity index (χ0n) is 15.3. The minimum Gasteiger partial charge on any atom is -0.370 e. The lowest BCUT2D eigenvalue weighted by Gasteiger charge is -2.34. The van der Waals surface area contributed by atoms with E-state index in [9.17, 15) is 0 Å². The molecule has 1 atom stereocenters. The first kappa shape index (κ1) is 17.6. The van der Waals surface area contributed by atoms with Crippen molar-refractivity contribution < 1.29 is 4.74 Å². The fourth-order valence-electron chi connectivity index (χ4n) is 3.50. The highest BCUT2D eigenvalue weighted by atomic mass is 32.2. The average Bonchev–Trinajstić information content (AvgIpc) is 2.75. The normalized spacial score (nSPS) is 21.0. The van der Waals surface area contributed by atoms with Crippen molar-refractivity contribution in [3.8, 4) is 0 Å². The Morgan fingerprint density at radius 3 is 2.50 bits per heavy atom. The van der Waals surface area contributed by atoms with Crippen molar-refractivity contribution in [2.75, 3.05) is 54.1 Å². The lowest BCUT2D eigenvalue weighted by atomic mass is 10.0. The van der Waals surface area contributed by atoms with Gasteiger partial charge in [0.25, 0.3) is 0 Å². The van der Waals surface area contributed by atoms with E-state index in [0.29, 0.717) is 0 Å². The van der Waals surface area contributed by atoms with Gasteiger partial charge in [-0.15, -0.1) is 0 Å². The molecule has 1 aromatic heterocycles. The van der Waals surface area contributed by atoms with Crippen molar-refractivity contribution in [3.63, 3.8) is 0 Å². The second kappa shape index (κ2) is 8.27. The molecular weight excluding hydrogens is 344 g/mol. The molecule has 0 spiro atoms. The largest absolute Gasteiger partial charge is 0.370 e. The summed E-state index contributed by atoms with van der Waals surface area (Å²) in [7, 11) is 0. The van der Waals surface area contributed by atoms with E-state index in [-0.39, 0.29) is 6.10 Å². The molecule has 1 aromatic carbocycles. The molecule has 0 saturated carbocycles. The van der Waals surface area contributed by atoms with Crippen molar-refractivity contribution in [1.29, 1.82) is 0 Å². The summed E-state index contributed by atoms with van der Waals surface area (Å²) in [5.41, 5.74) is 2.61. The van der Waals surface area contributed by atoms with Crippen molar-refractivity contribution in [2.45, 2.75) is 19.4 Å². The number of benzene rings is 1. The first-order valence-electron chi connectivity index (χ1n) is 9.43. The molecule has 2 aliphatic rings. The van der Waals surface area contributed by atoms with Crippen molar-refractivity contribution in [1.82, 2.24) is 9.97 Å². The number of hydrogen-bond donors (Lipinski definition) is 0. The van der Waals surface area contributed by atoms with Crippen LogP contribution in [0.2, 0.25) is 0 Å². The van der Waals surface area contributed by atoms with Crippen LogP contribution in [0.1, 0.15) is 24.2 Å². The molecule has 26 heavy (non-hydrogen) atoms. The Morgan fingerprint density at radius 2 is 1.77 bits per heavy atom. The summed E-state index contributed by atoms with van der Waals surface area (Å²) in [5, 5.41) is 0. The molecular formula is C20H26N4OS. The topological polar surface area (TPSA) is 41.5 Å². The highest BCUT2D eigenvalue weighted by Crippen LogP contribution is 2.27. The van der Waals surface area contributed by atoms with Gasteiger partial charge in [-0.05, 0) is 17.5 Å². The molecule has 4 rings (SSSR count). The Hall–Kier alpha value is -1.79. The number of morpholine rings is 1. The quantitative estimate of drug-likeness (QED) is 0.823. The SMILES string of the molecule is CCc1ccc(C2CN(c3cc(N4CCSCC4)ncn3)CCO2)cc1. The summed E-state index contributed by atoms with van der Waals surface area (Å²) in [6, 6.07) is 10.9. The van der Waals surface area contributed by atoms with Crippen LogP contribution in [0.15, 0.2) is 36.7 Å². The molecule has 2 aromatic rings. The Bertz CT molecular complexity index is 718. The predicted octanol–water partition coefficient (Wildman–Crippen LogP) is 3.17. The van der Waals surface area contributed by atoms with E-state index in [1.54, 1.807) is 6.33 Å². The number of anilines is 2. The van der Waals surface area contributed by atoms with E-state index in [2.05, 4.69) is 57.0 Å². The van der Waals surface area contributed by atoms with Gasteiger partial charge in [0, 0.05) is 43.8 Å². The Labute approximate surface area is 159 Å². The van der Waals surface area contributed by atoms with Gasteiger partial charge in [0.15, 0.2) is 0 Å². The Kier molecular flexibility index (Phi) is 5.60. The summed E-state index contributed by atoms with van der Waals surface area (Å²) in [4.78, 5) is 13.7. The zero-order chi connectivity index (χ0) is 17.8. The van der Waals surface area contributed by atoms with Crippen LogP contribution < -0.4 is 9.80 Å². The van der Waals surface area contributed by atoms with Gasteiger partial charge in [0.05, 0.1) is 6.61 Å². The maximum absolute atomic E-state index is 6.04. The van der Waals surface area contributed by atoms with Crippen LogP contribution in [0.25, 0.3) is 0 Å². The Balaban J connectivity index is 1.48. The van der Waals surface area contributed by atoms with Gasteiger partial charge < -0.3 is 14.5 Å². The average molecular weight is 371 g/mol. The van der Waals surface area contributed by atoms with Gasteiger partial charge in [0.1, 0.15) is 24.1 Å². The first-order chi connectivity index (χ1) is 12.8. The molecule has 0 N–H and O–H groups in total. The molecule has 2 fully saturated rings. The van der Waals surface area contributed by atoms with Gasteiger partial charge in [-0.2, -0.15) is 11.8 Å². The summed E-state index contributed by atoms with van der Waals surface area (Å²) in [5.74, 6) is 4.40. The molecule has 0 aliphatic carbocycles. The molecule has 3 heterocycles. The van der Waals surface area contributed by atoms with Crippen LogP contribution in [-0.2, 0) is 11.2 Å². The lowest BCUT2D eigenvalue weighted by Crippen LogP contribution is -2.39. The monoisotopic (exact) mass is 370 g/mol. The van der Waals surface area contributed by atoms with Crippen LogP contribution in [0, 0.1) is 0 Å². The van der Waals surface area contributed by atoms with Crippen LogP contribution in [-0.4, -0.2) is 54.3 Å². The van der Waals surface area contributed by atoms with Crippen molar-refractivity contribution in [2.24, 2.45) is 0 Å². The number of rotatable bonds is 4. The third kappa shape index (κ3) is 3.96. The van der Waals surface area contributed by atoms with Crippen molar-refractivity contribution >= 4 is 23.4 Å². The second-order valence-electron chi connectivity index (χ2n) is 6.73. The second-order valence-corrected chi connectivity index (χ2v) is 7.96. The van der Waals surface area contributed by atoms with Crippen LogP contribution >= 0.6 is 11.8 Å². The van der Waals surface area contributed by atoms with E-state index >= 15 is 0 Å². The molecule has 0 amide bonds. The van der Waals surface area contributed by atoms with E-state index in [1.165, 1.54) is 22.6 Å². The molecule has 2 saturated heterocycles. The Morgan fingerprint density at radius 1 is 1.04 bits per heavy atom. The van der Waals surface area contributed by atoms with E-state index in [0.717, 1.165) is 50.8 Å². The highest BCUT2D eigenvalue weighted by molar-refractivity contribution is 7.99. The number of aryl methyl sites for hydroxylation is 1. The summed E-state index contributed by atoms with van der Waals surface area (Å²) < 4.78 is 6.04. The summed E-state index contributed by atoms with van der Waals surface area (Å²) >= 11 is 2.01. The minimum atomic E-state index is 0.0967. The summed E-state index contributed by atoms with van der Waals surface area (Å²) in [6.07, 6.45) is 2.86. The fraction of sp³-hybridized carbons (Fsp3) is 0.500. The predicted molar refractivity (Wildman–Crippen MR) is 108 cm³/mol. The molecule has 138 valence electrons. The van der Waals surface area contributed by atoms with Crippen LogP contribution in [0.5, 0.6) is 0 Å². The number of thioether (sulfide) groups is 1.